The molecule has 3 N–H and O–H groups in total. The van der Waals surface area contributed by atoms with E-state index in [1.165, 1.54) is 6.92 Å². The summed E-state index contributed by atoms with van der Waals surface area (Å²) in [6, 6.07) is 0. The lowest BCUT2D eigenvalue weighted by atomic mass is 9.65. The molecule has 0 spiro atoms. The number of carbonyl (C=O) groups is 3. The van der Waals surface area contributed by atoms with Crippen LogP contribution >= 0.6 is 0 Å². The zero-order valence-corrected chi connectivity index (χ0v) is 24.5. The highest BCUT2D eigenvalue weighted by Gasteiger charge is 2.53. The summed E-state index contributed by atoms with van der Waals surface area (Å²) in [4.78, 5) is 38.5. The van der Waals surface area contributed by atoms with Crippen molar-refractivity contribution < 1.29 is 28.4 Å². The second-order valence-corrected chi connectivity index (χ2v) is 12.8. The molecule has 0 aromatic carbocycles. The van der Waals surface area contributed by atoms with E-state index in [-0.39, 0.29) is 48.5 Å². The maximum absolute atomic E-state index is 13.7. The van der Waals surface area contributed by atoms with Gasteiger partial charge in [-0.15, -0.1) is 0 Å². The Hall–Kier alpha value is -1.81. The topological polar surface area (TPSA) is 115 Å². The Morgan fingerprint density at radius 2 is 1.65 bits per heavy atom. The standard InChI is InChI=1S/C27H50BN3O6/c1-10-11-16-29-22(33)27(31-19(2)32)17-20(14-15-28-36-25(6,7)26(8,9)37-28)12-13-21(27)18-30-23(34)35-24(3,4)5/h20-21H,10-18H2,1-9H3,(H,29,33)(H,30,34)(H,31,32). The van der Waals surface area contributed by atoms with Gasteiger partial charge >= 0.3 is 13.2 Å². The second-order valence-electron chi connectivity index (χ2n) is 12.8. The smallest absolute Gasteiger partial charge is 0.444 e. The fraction of sp³-hybridized carbons (Fsp3) is 0.889. The van der Waals surface area contributed by atoms with Crippen LogP contribution < -0.4 is 16.0 Å². The van der Waals surface area contributed by atoms with Crippen LogP contribution in [0.3, 0.4) is 0 Å². The average Bonchev–Trinajstić information content (AvgIpc) is 2.96. The highest BCUT2D eigenvalue weighted by molar-refractivity contribution is 6.45. The molecule has 10 heteroatoms. The summed E-state index contributed by atoms with van der Waals surface area (Å²) in [6.07, 6.45) is 4.86. The van der Waals surface area contributed by atoms with Crippen LogP contribution in [0.15, 0.2) is 0 Å². The van der Waals surface area contributed by atoms with Crippen molar-refractivity contribution in [2.45, 2.75) is 130 Å². The third-order valence-corrected chi connectivity index (χ3v) is 7.86. The number of hydrogen-bond acceptors (Lipinski definition) is 6. The third kappa shape index (κ3) is 8.60. The SMILES string of the molecule is CCCCNC(=O)C1(NC(C)=O)CC(CCB2OC(C)(C)C(C)(C)O2)CCC1CNC(=O)OC(C)(C)C. The van der Waals surface area contributed by atoms with Gasteiger partial charge in [0.25, 0.3) is 0 Å². The normalized spacial score (nSPS) is 26.9. The predicted octanol–water partition coefficient (Wildman–Crippen LogP) is 4.20. The molecule has 3 amide bonds. The lowest BCUT2D eigenvalue weighted by Gasteiger charge is -2.46. The largest absolute Gasteiger partial charge is 0.457 e. The number of amides is 3. The summed E-state index contributed by atoms with van der Waals surface area (Å²) in [6.45, 7) is 17.9. The van der Waals surface area contributed by atoms with Crippen LogP contribution in [0.25, 0.3) is 0 Å². The summed E-state index contributed by atoms with van der Waals surface area (Å²) in [5, 5.41) is 8.91. The molecule has 0 aromatic rings. The Morgan fingerprint density at radius 1 is 1.03 bits per heavy atom. The maximum Gasteiger partial charge on any atom is 0.457 e. The van der Waals surface area contributed by atoms with Crippen LogP contribution in [-0.2, 0) is 23.6 Å². The average molecular weight is 524 g/mol. The van der Waals surface area contributed by atoms with Gasteiger partial charge in [-0.25, -0.2) is 4.79 Å². The van der Waals surface area contributed by atoms with E-state index in [0.717, 1.165) is 25.7 Å². The second kappa shape index (κ2) is 12.4. The maximum atomic E-state index is 13.7. The molecule has 0 bridgehead atoms. The molecule has 1 saturated heterocycles. The molecule has 0 radical (unpaired) electrons. The molecular formula is C27H50BN3O6. The van der Waals surface area contributed by atoms with Crippen LogP contribution in [0.1, 0.15) is 101 Å². The first-order valence-electron chi connectivity index (χ1n) is 13.9. The fourth-order valence-corrected chi connectivity index (χ4v) is 5.24. The summed E-state index contributed by atoms with van der Waals surface area (Å²) >= 11 is 0. The first-order valence-corrected chi connectivity index (χ1v) is 13.9. The molecule has 3 atom stereocenters. The number of rotatable bonds is 10. The first-order chi connectivity index (χ1) is 17.0. The molecule has 37 heavy (non-hydrogen) atoms. The van der Waals surface area contributed by atoms with Crippen LogP contribution in [0, 0.1) is 11.8 Å². The summed E-state index contributed by atoms with van der Waals surface area (Å²) < 4.78 is 17.8. The molecule has 0 aromatic heterocycles. The van der Waals surface area contributed by atoms with Crippen LogP contribution in [0.5, 0.6) is 0 Å². The fourth-order valence-electron chi connectivity index (χ4n) is 5.24. The molecule has 1 heterocycles. The Balaban J connectivity index is 2.18. The van der Waals surface area contributed by atoms with Gasteiger partial charge in [0.2, 0.25) is 11.8 Å². The minimum atomic E-state index is -1.12. The molecular weight excluding hydrogens is 473 g/mol. The predicted molar refractivity (Wildman–Crippen MR) is 145 cm³/mol. The van der Waals surface area contributed by atoms with Gasteiger partial charge in [-0.1, -0.05) is 19.8 Å². The van der Waals surface area contributed by atoms with E-state index in [4.69, 9.17) is 14.0 Å². The number of unbranched alkanes of at least 4 members (excludes halogenated alkanes) is 1. The number of ether oxygens (including phenoxy) is 1. The number of hydrogen-bond donors (Lipinski definition) is 3. The van der Waals surface area contributed by atoms with E-state index < -0.39 is 17.2 Å². The zero-order valence-electron chi connectivity index (χ0n) is 24.5. The molecule has 2 rings (SSSR count). The van der Waals surface area contributed by atoms with E-state index in [2.05, 4.69) is 22.9 Å². The highest BCUT2D eigenvalue weighted by atomic mass is 16.7. The lowest BCUT2D eigenvalue weighted by molar-refractivity contribution is -0.138. The Labute approximate surface area is 224 Å². The van der Waals surface area contributed by atoms with Crippen molar-refractivity contribution in [3.63, 3.8) is 0 Å². The highest BCUT2D eigenvalue weighted by Crippen LogP contribution is 2.42. The minimum absolute atomic E-state index is 0.188. The van der Waals surface area contributed by atoms with Gasteiger partial charge in [0.15, 0.2) is 0 Å². The molecule has 2 aliphatic rings. The monoisotopic (exact) mass is 523 g/mol. The molecule has 1 aliphatic carbocycles. The van der Waals surface area contributed by atoms with Crippen molar-refractivity contribution in [3.05, 3.63) is 0 Å². The number of carbonyl (C=O) groups excluding carboxylic acids is 3. The van der Waals surface area contributed by atoms with Crippen LogP contribution in [0.2, 0.25) is 6.32 Å². The minimum Gasteiger partial charge on any atom is -0.444 e. The van der Waals surface area contributed by atoms with E-state index >= 15 is 0 Å². The number of nitrogens with one attached hydrogen (secondary N) is 3. The van der Waals surface area contributed by atoms with Gasteiger partial charge in [-0.3, -0.25) is 9.59 Å². The van der Waals surface area contributed by atoms with Crippen LogP contribution in [-0.4, -0.2) is 60.5 Å². The van der Waals surface area contributed by atoms with Crippen molar-refractivity contribution >= 4 is 25.0 Å². The Bertz CT molecular complexity index is 796. The Kier molecular flexibility index (Phi) is 10.5. The molecule has 3 unspecified atom stereocenters. The van der Waals surface area contributed by atoms with Crippen molar-refractivity contribution in [1.82, 2.24) is 16.0 Å². The molecule has 1 aliphatic heterocycles. The van der Waals surface area contributed by atoms with Gasteiger partial charge in [0.05, 0.1) is 11.2 Å². The quantitative estimate of drug-likeness (QED) is 0.292. The molecule has 212 valence electrons. The summed E-state index contributed by atoms with van der Waals surface area (Å²) in [5.74, 6) is -0.522. The van der Waals surface area contributed by atoms with Crippen LogP contribution in [0.4, 0.5) is 4.79 Å². The van der Waals surface area contributed by atoms with E-state index in [1.807, 2.05) is 27.7 Å². The van der Waals surface area contributed by atoms with Gasteiger partial charge in [0, 0.05) is 25.9 Å². The summed E-state index contributed by atoms with van der Waals surface area (Å²) in [7, 11) is -0.301. The Morgan fingerprint density at radius 3 is 2.19 bits per heavy atom. The van der Waals surface area contributed by atoms with Crippen molar-refractivity contribution in [2.24, 2.45) is 11.8 Å². The van der Waals surface area contributed by atoms with E-state index in [9.17, 15) is 14.4 Å². The van der Waals surface area contributed by atoms with Crippen molar-refractivity contribution in [1.29, 1.82) is 0 Å². The molecule has 2 fully saturated rings. The number of alkyl carbamates (subject to hydrolysis) is 1. The zero-order chi connectivity index (χ0) is 28.1. The van der Waals surface area contributed by atoms with E-state index in [1.54, 1.807) is 20.8 Å². The molecule has 1 saturated carbocycles. The van der Waals surface area contributed by atoms with Gasteiger partial charge < -0.3 is 30.0 Å². The van der Waals surface area contributed by atoms with Gasteiger partial charge in [0.1, 0.15) is 11.1 Å². The molecule has 9 nitrogen and oxygen atoms in total. The first kappa shape index (κ1) is 31.4. The lowest BCUT2D eigenvalue weighted by Crippen LogP contribution is -2.66. The third-order valence-electron chi connectivity index (χ3n) is 7.86. The van der Waals surface area contributed by atoms with Crippen molar-refractivity contribution in [3.8, 4) is 0 Å². The van der Waals surface area contributed by atoms with E-state index in [0.29, 0.717) is 25.7 Å². The van der Waals surface area contributed by atoms with Gasteiger partial charge in [-0.2, -0.15) is 0 Å². The van der Waals surface area contributed by atoms with Gasteiger partial charge in [-0.05, 0) is 86.4 Å². The summed E-state index contributed by atoms with van der Waals surface area (Å²) in [5.41, 5.74) is -2.52. The van der Waals surface area contributed by atoms with Crippen molar-refractivity contribution in [2.75, 3.05) is 13.1 Å².